The zero-order chi connectivity index (χ0) is 21.0. The van der Waals surface area contributed by atoms with Crippen molar-refractivity contribution < 1.29 is 29.3 Å². The standard InChI is InChI=1S/C20H15N3O6/c1-28-20-15-8-13(29-12-4-2-3-11(7-12)9-21)5-6-14(15)18(26)17(23-20)19(27)22-10-16(24)25/h2-8,26H,10H2,1H3,(H,22,27)(H,24,25). The fourth-order valence-corrected chi connectivity index (χ4v) is 2.63. The monoisotopic (exact) mass is 393 g/mol. The van der Waals surface area contributed by atoms with Gasteiger partial charge in [0, 0.05) is 5.39 Å². The number of nitrogens with one attached hydrogen (secondary N) is 1. The molecule has 0 fully saturated rings. The quantitative estimate of drug-likeness (QED) is 0.580. The van der Waals surface area contributed by atoms with Crippen LogP contribution in [0.4, 0.5) is 0 Å². The number of hydrogen-bond acceptors (Lipinski definition) is 7. The minimum absolute atomic E-state index is 0.0505. The lowest BCUT2D eigenvalue weighted by atomic mass is 10.1. The molecule has 0 bridgehead atoms. The minimum atomic E-state index is -1.23. The van der Waals surface area contributed by atoms with Crippen molar-refractivity contribution in [3.8, 4) is 29.2 Å². The number of fused-ring (bicyclic) bond motifs is 1. The summed E-state index contributed by atoms with van der Waals surface area (Å²) in [6.07, 6.45) is 0. The normalized spacial score (nSPS) is 10.2. The maximum atomic E-state index is 12.1. The summed E-state index contributed by atoms with van der Waals surface area (Å²) in [4.78, 5) is 26.8. The van der Waals surface area contributed by atoms with Gasteiger partial charge in [0.25, 0.3) is 5.91 Å². The molecule has 0 saturated carbocycles. The number of aliphatic carboxylic acids is 1. The average Bonchev–Trinajstić information content (AvgIpc) is 2.72. The number of nitriles is 1. The van der Waals surface area contributed by atoms with Crippen LogP contribution in [0.1, 0.15) is 16.1 Å². The molecule has 0 unspecified atom stereocenters. The predicted molar refractivity (Wildman–Crippen MR) is 101 cm³/mol. The summed E-state index contributed by atoms with van der Waals surface area (Å²) in [6, 6.07) is 13.3. The molecule has 0 spiro atoms. The molecule has 0 radical (unpaired) electrons. The molecule has 2 aromatic carbocycles. The van der Waals surface area contributed by atoms with E-state index in [2.05, 4.69) is 10.3 Å². The second-order valence-corrected chi connectivity index (χ2v) is 5.84. The lowest BCUT2D eigenvalue weighted by molar-refractivity contribution is -0.135. The largest absolute Gasteiger partial charge is 0.505 e. The number of hydrogen-bond donors (Lipinski definition) is 3. The van der Waals surface area contributed by atoms with E-state index in [9.17, 15) is 14.7 Å². The van der Waals surface area contributed by atoms with E-state index in [0.717, 1.165) is 0 Å². The smallest absolute Gasteiger partial charge is 0.322 e. The van der Waals surface area contributed by atoms with Crippen molar-refractivity contribution in [2.75, 3.05) is 13.7 Å². The summed E-state index contributed by atoms with van der Waals surface area (Å²) in [5.74, 6) is -1.60. The van der Waals surface area contributed by atoms with Crippen LogP contribution in [0.15, 0.2) is 42.5 Å². The van der Waals surface area contributed by atoms with Gasteiger partial charge in [-0.1, -0.05) is 6.07 Å². The fourth-order valence-electron chi connectivity index (χ4n) is 2.63. The number of aromatic hydroxyl groups is 1. The van der Waals surface area contributed by atoms with Crippen LogP contribution in [0, 0.1) is 11.3 Å². The van der Waals surface area contributed by atoms with E-state index in [1.54, 1.807) is 36.4 Å². The molecule has 29 heavy (non-hydrogen) atoms. The molecule has 3 aromatic rings. The van der Waals surface area contributed by atoms with Gasteiger partial charge in [0.2, 0.25) is 5.88 Å². The first-order valence-electron chi connectivity index (χ1n) is 8.31. The first-order valence-corrected chi connectivity index (χ1v) is 8.31. The molecule has 0 aliphatic rings. The van der Waals surface area contributed by atoms with Crippen LogP contribution >= 0.6 is 0 Å². The molecule has 3 N–H and O–H groups in total. The number of carboxylic acids is 1. The van der Waals surface area contributed by atoms with Gasteiger partial charge >= 0.3 is 5.97 Å². The van der Waals surface area contributed by atoms with Crippen LogP contribution < -0.4 is 14.8 Å². The molecule has 3 rings (SSSR count). The molecule has 1 heterocycles. The average molecular weight is 393 g/mol. The van der Waals surface area contributed by atoms with Crippen LogP contribution in [-0.2, 0) is 4.79 Å². The fraction of sp³-hybridized carbons (Fsp3) is 0.100. The Morgan fingerprint density at radius 3 is 2.62 bits per heavy atom. The highest BCUT2D eigenvalue weighted by Gasteiger charge is 2.20. The van der Waals surface area contributed by atoms with E-state index in [1.807, 2.05) is 6.07 Å². The van der Waals surface area contributed by atoms with Crippen molar-refractivity contribution in [1.29, 1.82) is 5.26 Å². The van der Waals surface area contributed by atoms with Gasteiger partial charge in [-0.25, -0.2) is 4.98 Å². The van der Waals surface area contributed by atoms with Crippen LogP contribution in [0.25, 0.3) is 10.8 Å². The van der Waals surface area contributed by atoms with Crippen LogP contribution in [0.5, 0.6) is 23.1 Å². The highest BCUT2D eigenvalue weighted by atomic mass is 16.5. The molecule has 1 amide bonds. The molecule has 9 heteroatoms. The molecular formula is C20H15N3O6. The zero-order valence-electron chi connectivity index (χ0n) is 15.2. The maximum Gasteiger partial charge on any atom is 0.322 e. The van der Waals surface area contributed by atoms with Crippen LogP contribution in [-0.4, -0.2) is 40.7 Å². The Balaban J connectivity index is 2.00. The van der Waals surface area contributed by atoms with E-state index in [-0.39, 0.29) is 17.0 Å². The maximum absolute atomic E-state index is 12.1. The SMILES string of the molecule is COc1nc(C(=O)NCC(=O)O)c(O)c2ccc(Oc3cccc(C#N)c3)cc12. The molecular weight excluding hydrogens is 378 g/mol. The minimum Gasteiger partial charge on any atom is -0.505 e. The number of rotatable bonds is 6. The second-order valence-electron chi connectivity index (χ2n) is 5.84. The van der Waals surface area contributed by atoms with Crippen LogP contribution in [0.2, 0.25) is 0 Å². The third-order valence-electron chi connectivity index (χ3n) is 3.92. The number of aromatic nitrogens is 1. The zero-order valence-corrected chi connectivity index (χ0v) is 15.2. The molecule has 0 aliphatic heterocycles. The lowest BCUT2D eigenvalue weighted by Crippen LogP contribution is -2.30. The van der Waals surface area contributed by atoms with E-state index in [4.69, 9.17) is 19.8 Å². The number of benzene rings is 2. The number of methoxy groups -OCH3 is 1. The summed E-state index contributed by atoms with van der Waals surface area (Å²) in [7, 11) is 1.35. The van der Waals surface area contributed by atoms with Gasteiger partial charge in [0.05, 0.1) is 24.1 Å². The van der Waals surface area contributed by atoms with Crippen molar-refractivity contribution in [3.05, 3.63) is 53.7 Å². The van der Waals surface area contributed by atoms with Gasteiger partial charge in [-0.3, -0.25) is 9.59 Å². The Morgan fingerprint density at radius 1 is 1.17 bits per heavy atom. The Hall–Kier alpha value is -4.32. The van der Waals surface area contributed by atoms with Gasteiger partial charge < -0.3 is 25.0 Å². The first kappa shape index (κ1) is 19.4. The highest BCUT2D eigenvalue weighted by Crippen LogP contribution is 2.36. The van der Waals surface area contributed by atoms with Gasteiger partial charge in [0.15, 0.2) is 11.4 Å². The third kappa shape index (κ3) is 4.17. The van der Waals surface area contributed by atoms with Crippen molar-refractivity contribution in [2.45, 2.75) is 0 Å². The Bertz CT molecular complexity index is 1150. The van der Waals surface area contributed by atoms with Gasteiger partial charge in [-0.15, -0.1) is 0 Å². The number of pyridine rings is 1. The number of carbonyl (C=O) groups is 2. The topological polar surface area (TPSA) is 142 Å². The Kier molecular flexibility index (Phi) is 5.46. The van der Waals surface area contributed by atoms with Crippen LogP contribution in [0.3, 0.4) is 0 Å². The summed E-state index contributed by atoms with van der Waals surface area (Å²) >= 11 is 0. The highest BCUT2D eigenvalue weighted by molar-refractivity contribution is 6.04. The van der Waals surface area contributed by atoms with Gasteiger partial charge in [-0.2, -0.15) is 5.26 Å². The number of carbonyl (C=O) groups excluding carboxylic acids is 1. The van der Waals surface area contributed by atoms with Gasteiger partial charge in [-0.05, 0) is 36.4 Å². The Labute approximate surface area is 164 Å². The molecule has 0 aliphatic carbocycles. The summed E-state index contributed by atoms with van der Waals surface area (Å²) in [5, 5.41) is 30.9. The summed E-state index contributed by atoms with van der Waals surface area (Å²) < 4.78 is 11.0. The Morgan fingerprint density at radius 2 is 1.93 bits per heavy atom. The molecule has 9 nitrogen and oxygen atoms in total. The molecule has 0 atom stereocenters. The van der Waals surface area contributed by atoms with Gasteiger partial charge in [0.1, 0.15) is 18.0 Å². The summed E-state index contributed by atoms with van der Waals surface area (Å²) in [5.41, 5.74) is 0.0863. The molecule has 146 valence electrons. The number of ether oxygens (including phenoxy) is 2. The predicted octanol–water partition coefficient (Wildman–Crippen LogP) is 2.43. The number of amides is 1. The lowest BCUT2D eigenvalue weighted by Gasteiger charge is -2.12. The second kappa shape index (κ2) is 8.14. The first-order chi connectivity index (χ1) is 13.9. The van der Waals surface area contributed by atoms with E-state index >= 15 is 0 Å². The van der Waals surface area contributed by atoms with Crippen molar-refractivity contribution in [1.82, 2.24) is 10.3 Å². The van der Waals surface area contributed by atoms with E-state index < -0.39 is 24.2 Å². The number of nitrogens with zero attached hydrogens (tertiary/aromatic N) is 2. The summed E-state index contributed by atoms with van der Waals surface area (Å²) in [6.45, 7) is -0.616. The van der Waals surface area contributed by atoms with Crippen molar-refractivity contribution in [2.24, 2.45) is 0 Å². The van der Waals surface area contributed by atoms with Crippen molar-refractivity contribution in [3.63, 3.8) is 0 Å². The molecule has 0 saturated heterocycles. The molecule has 1 aromatic heterocycles. The van der Waals surface area contributed by atoms with Crippen molar-refractivity contribution >= 4 is 22.6 Å². The third-order valence-corrected chi connectivity index (χ3v) is 3.92. The van der Waals surface area contributed by atoms with E-state index in [0.29, 0.717) is 22.4 Å². The van der Waals surface area contributed by atoms with E-state index in [1.165, 1.54) is 13.2 Å². The number of carboxylic acid groups (broad SMARTS) is 1.